The Morgan fingerprint density at radius 2 is 2.00 bits per heavy atom. The second kappa shape index (κ2) is 7.59. The van der Waals surface area contributed by atoms with Crippen LogP contribution in [-0.4, -0.2) is 31.1 Å². The van der Waals surface area contributed by atoms with Crippen LogP contribution >= 0.6 is 15.9 Å². The van der Waals surface area contributed by atoms with Crippen molar-refractivity contribution >= 4 is 27.3 Å². The fraction of sp³-hybridized carbons (Fsp3) is 0.538. The zero-order chi connectivity index (χ0) is 13.5. The van der Waals surface area contributed by atoms with Crippen LogP contribution in [-0.2, 0) is 0 Å². The number of anilines is 2. The van der Waals surface area contributed by atoms with Crippen LogP contribution in [0, 0.1) is 5.82 Å². The summed E-state index contributed by atoms with van der Waals surface area (Å²) in [6, 6.07) is 3.01. The zero-order valence-electron chi connectivity index (χ0n) is 11.0. The van der Waals surface area contributed by atoms with Crippen molar-refractivity contribution in [3.05, 3.63) is 22.4 Å². The minimum absolute atomic E-state index is 0.332. The molecule has 0 aliphatic heterocycles. The highest BCUT2D eigenvalue weighted by atomic mass is 79.9. The molecule has 102 valence electrons. The lowest BCUT2D eigenvalue weighted by atomic mass is 10.2. The van der Waals surface area contributed by atoms with E-state index in [-0.39, 0.29) is 5.82 Å². The van der Waals surface area contributed by atoms with E-state index in [1.807, 2.05) is 0 Å². The average molecular weight is 318 g/mol. The van der Waals surface area contributed by atoms with Crippen molar-refractivity contribution in [3.8, 4) is 0 Å². The quantitative estimate of drug-likeness (QED) is 0.599. The number of nitrogen functional groups attached to an aromatic ring is 1. The van der Waals surface area contributed by atoms with Gasteiger partial charge in [-0.3, -0.25) is 0 Å². The molecule has 18 heavy (non-hydrogen) atoms. The largest absolute Gasteiger partial charge is 0.397 e. The molecule has 0 radical (unpaired) electrons. The van der Waals surface area contributed by atoms with Crippen molar-refractivity contribution in [2.75, 3.05) is 37.2 Å². The van der Waals surface area contributed by atoms with Gasteiger partial charge in [-0.2, -0.15) is 0 Å². The summed E-state index contributed by atoms with van der Waals surface area (Å²) in [6.07, 6.45) is 1.04. The van der Waals surface area contributed by atoms with Gasteiger partial charge < -0.3 is 16.0 Å². The molecule has 0 saturated heterocycles. The molecule has 1 aromatic carbocycles. The normalized spacial score (nSPS) is 10.9. The van der Waals surface area contributed by atoms with Gasteiger partial charge in [0.2, 0.25) is 0 Å². The molecule has 0 aliphatic rings. The number of nitrogens with zero attached hydrogens (tertiary/aromatic N) is 1. The lowest BCUT2D eigenvalue weighted by molar-refractivity contribution is 0.303. The number of rotatable bonds is 7. The van der Waals surface area contributed by atoms with Crippen molar-refractivity contribution in [1.82, 2.24) is 4.90 Å². The van der Waals surface area contributed by atoms with E-state index >= 15 is 0 Å². The molecule has 1 rings (SSSR count). The summed E-state index contributed by atoms with van der Waals surface area (Å²) in [5, 5.41) is 3.24. The molecule has 0 bridgehead atoms. The highest BCUT2D eigenvalue weighted by Gasteiger charge is 2.05. The van der Waals surface area contributed by atoms with Gasteiger partial charge in [0.15, 0.2) is 0 Å². The summed E-state index contributed by atoms with van der Waals surface area (Å²) in [5.74, 6) is -0.332. The zero-order valence-corrected chi connectivity index (χ0v) is 12.6. The molecule has 0 aliphatic carbocycles. The van der Waals surface area contributed by atoms with Gasteiger partial charge in [-0.05, 0) is 48.1 Å². The molecular formula is C13H21BrFN3. The molecule has 5 heteroatoms. The van der Waals surface area contributed by atoms with Gasteiger partial charge in [0.05, 0.1) is 15.8 Å². The topological polar surface area (TPSA) is 41.3 Å². The third kappa shape index (κ3) is 4.46. The predicted octanol–water partition coefficient (Wildman–Crippen LogP) is 3.31. The minimum atomic E-state index is -0.332. The van der Waals surface area contributed by atoms with Crippen molar-refractivity contribution in [2.24, 2.45) is 0 Å². The molecule has 0 spiro atoms. The molecule has 0 atom stereocenters. The standard InChI is InChI=1S/C13H21BrFN3/c1-3-18(4-2)7-5-6-17-13-8-10(14)11(15)9-12(13)16/h8-9,17H,3-7,16H2,1-2H3. The van der Waals surface area contributed by atoms with E-state index in [2.05, 4.69) is 40.0 Å². The molecule has 0 heterocycles. The highest BCUT2D eigenvalue weighted by molar-refractivity contribution is 9.10. The summed E-state index contributed by atoms with van der Waals surface area (Å²) in [7, 11) is 0. The molecule has 3 nitrogen and oxygen atoms in total. The summed E-state index contributed by atoms with van der Waals surface area (Å²) in [5.41, 5.74) is 6.97. The molecular weight excluding hydrogens is 297 g/mol. The molecule has 0 aromatic heterocycles. The van der Waals surface area contributed by atoms with Crippen LogP contribution in [0.3, 0.4) is 0 Å². The third-order valence-corrected chi connectivity index (χ3v) is 3.56. The average Bonchev–Trinajstić information content (AvgIpc) is 2.35. The first kappa shape index (κ1) is 15.2. The molecule has 1 aromatic rings. The first-order valence-electron chi connectivity index (χ1n) is 6.29. The Morgan fingerprint density at radius 1 is 1.33 bits per heavy atom. The summed E-state index contributed by atoms with van der Waals surface area (Å²) in [4.78, 5) is 2.37. The van der Waals surface area contributed by atoms with Gasteiger partial charge in [0.25, 0.3) is 0 Å². The van der Waals surface area contributed by atoms with Crippen molar-refractivity contribution in [2.45, 2.75) is 20.3 Å². The van der Waals surface area contributed by atoms with Crippen LogP contribution in [0.25, 0.3) is 0 Å². The molecule has 0 unspecified atom stereocenters. The molecule has 0 fully saturated rings. The number of nitrogens with one attached hydrogen (secondary N) is 1. The minimum Gasteiger partial charge on any atom is -0.397 e. The first-order valence-corrected chi connectivity index (χ1v) is 7.08. The Hall–Kier alpha value is -0.810. The number of nitrogens with two attached hydrogens (primary N) is 1. The Balaban J connectivity index is 2.42. The summed E-state index contributed by atoms with van der Waals surface area (Å²) in [6.45, 7) is 8.35. The molecule has 0 saturated carbocycles. The second-order valence-corrected chi connectivity index (χ2v) is 5.02. The summed E-state index contributed by atoms with van der Waals surface area (Å²) < 4.78 is 13.6. The second-order valence-electron chi connectivity index (χ2n) is 4.16. The number of halogens is 2. The maximum atomic E-state index is 13.2. The van der Waals surface area contributed by atoms with Crippen LogP contribution in [0.15, 0.2) is 16.6 Å². The maximum absolute atomic E-state index is 13.2. The fourth-order valence-corrected chi connectivity index (χ4v) is 2.12. The van der Waals surface area contributed by atoms with E-state index in [1.165, 1.54) is 6.07 Å². The molecule has 0 amide bonds. The lowest BCUT2D eigenvalue weighted by Gasteiger charge is -2.18. The van der Waals surface area contributed by atoms with Crippen LogP contribution in [0.4, 0.5) is 15.8 Å². The van der Waals surface area contributed by atoms with Gasteiger partial charge in [0, 0.05) is 12.6 Å². The highest BCUT2D eigenvalue weighted by Crippen LogP contribution is 2.26. The number of benzene rings is 1. The Labute approximate surface area is 117 Å². The number of hydrogen-bond acceptors (Lipinski definition) is 3. The van der Waals surface area contributed by atoms with E-state index in [0.29, 0.717) is 10.2 Å². The van der Waals surface area contributed by atoms with Gasteiger partial charge in [0.1, 0.15) is 5.82 Å². The monoisotopic (exact) mass is 317 g/mol. The van der Waals surface area contributed by atoms with Crippen LogP contribution in [0.1, 0.15) is 20.3 Å². The molecule has 3 N–H and O–H groups in total. The van der Waals surface area contributed by atoms with E-state index in [0.717, 1.165) is 38.3 Å². The first-order chi connectivity index (χ1) is 8.58. The van der Waals surface area contributed by atoms with Crippen LogP contribution in [0.2, 0.25) is 0 Å². The maximum Gasteiger partial charge on any atom is 0.139 e. The van der Waals surface area contributed by atoms with E-state index < -0.39 is 0 Å². The van der Waals surface area contributed by atoms with Gasteiger partial charge in [-0.25, -0.2) is 4.39 Å². The Morgan fingerprint density at radius 3 is 2.61 bits per heavy atom. The number of hydrogen-bond donors (Lipinski definition) is 2. The van der Waals surface area contributed by atoms with Crippen molar-refractivity contribution < 1.29 is 4.39 Å². The van der Waals surface area contributed by atoms with Gasteiger partial charge in [-0.1, -0.05) is 13.8 Å². The van der Waals surface area contributed by atoms with Crippen LogP contribution in [0.5, 0.6) is 0 Å². The van der Waals surface area contributed by atoms with Crippen LogP contribution < -0.4 is 11.1 Å². The Kier molecular flexibility index (Phi) is 6.43. The summed E-state index contributed by atoms with van der Waals surface area (Å²) >= 11 is 3.16. The van der Waals surface area contributed by atoms with Gasteiger partial charge in [-0.15, -0.1) is 0 Å². The predicted molar refractivity (Wildman–Crippen MR) is 79.4 cm³/mol. The van der Waals surface area contributed by atoms with Gasteiger partial charge >= 0.3 is 0 Å². The lowest BCUT2D eigenvalue weighted by Crippen LogP contribution is -2.25. The van der Waals surface area contributed by atoms with Crippen molar-refractivity contribution in [3.63, 3.8) is 0 Å². The van der Waals surface area contributed by atoms with E-state index in [1.54, 1.807) is 6.07 Å². The van der Waals surface area contributed by atoms with E-state index in [9.17, 15) is 4.39 Å². The SMILES string of the molecule is CCN(CC)CCCNc1cc(Br)c(F)cc1N. The Bertz CT molecular complexity index is 381. The van der Waals surface area contributed by atoms with Crippen molar-refractivity contribution in [1.29, 1.82) is 0 Å². The smallest absolute Gasteiger partial charge is 0.139 e. The van der Waals surface area contributed by atoms with E-state index in [4.69, 9.17) is 5.73 Å². The third-order valence-electron chi connectivity index (χ3n) is 2.95. The fourth-order valence-electron chi connectivity index (χ4n) is 1.78.